The number of rotatable bonds is 9. The average Bonchev–Trinajstić information content (AvgIpc) is 2.31. The molecule has 114 valence electrons. The van der Waals surface area contributed by atoms with E-state index in [9.17, 15) is 25.1 Å². The molecule has 0 radical (unpaired) electrons. The fourth-order valence-electron chi connectivity index (χ4n) is 2.21. The van der Waals surface area contributed by atoms with Gasteiger partial charge in [-0.2, -0.15) is 5.26 Å². The van der Waals surface area contributed by atoms with Crippen molar-refractivity contribution < 1.29 is 19.8 Å². The lowest BCUT2D eigenvalue weighted by Gasteiger charge is -2.29. The smallest absolute Gasteiger partial charge is 0.324 e. The second-order valence-corrected chi connectivity index (χ2v) is 6.18. The van der Waals surface area contributed by atoms with Crippen LogP contribution in [0.2, 0.25) is 0 Å². The Kier molecular flexibility index (Phi) is 7.26. The normalized spacial score (nSPS) is 15.7. The fraction of sp³-hybridized carbons (Fsp3) is 0.800. The Bertz CT molecular complexity index is 384. The molecule has 0 spiro atoms. The Hall–Kier alpha value is -1.57. The standard InChI is InChI=1S/C15H25NO4/c1-10(2)5-6-12(13(17)18)15(9-16,14(19)20)8-7-11(3)4/h10-12H,5-8H2,1-4H3,(H,17,18)(H,19,20). The molecule has 2 unspecified atom stereocenters. The van der Waals surface area contributed by atoms with Crippen molar-refractivity contribution in [3.05, 3.63) is 0 Å². The van der Waals surface area contributed by atoms with E-state index >= 15 is 0 Å². The Morgan fingerprint density at radius 3 is 1.85 bits per heavy atom. The molecule has 2 atom stereocenters. The Morgan fingerprint density at radius 1 is 1.05 bits per heavy atom. The predicted molar refractivity (Wildman–Crippen MR) is 75.0 cm³/mol. The van der Waals surface area contributed by atoms with Crippen molar-refractivity contribution in [2.75, 3.05) is 0 Å². The average molecular weight is 283 g/mol. The molecule has 20 heavy (non-hydrogen) atoms. The summed E-state index contributed by atoms with van der Waals surface area (Å²) in [7, 11) is 0. The van der Waals surface area contributed by atoms with E-state index in [4.69, 9.17) is 0 Å². The van der Waals surface area contributed by atoms with Gasteiger partial charge in [-0.25, -0.2) is 0 Å². The molecule has 0 heterocycles. The highest BCUT2D eigenvalue weighted by atomic mass is 16.4. The Balaban J connectivity index is 5.36. The van der Waals surface area contributed by atoms with E-state index in [1.54, 1.807) is 6.07 Å². The minimum absolute atomic E-state index is 0.0750. The highest BCUT2D eigenvalue weighted by Crippen LogP contribution is 2.38. The number of aliphatic carboxylic acids is 2. The lowest BCUT2D eigenvalue weighted by Crippen LogP contribution is -2.42. The van der Waals surface area contributed by atoms with Crippen LogP contribution < -0.4 is 0 Å². The first-order chi connectivity index (χ1) is 9.17. The molecule has 0 amide bonds. The molecule has 0 saturated carbocycles. The summed E-state index contributed by atoms with van der Waals surface area (Å²) in [6.45, 7) is 7.74. The first kappa shape index (κ1) is 18.4. The summed E-state index contributed by atoms with van der Waals surface area (Å²) in [5, 5.41) is 28.1. The zero-order valence-corrected chi connectivity index (χ0v) is 12.7. The van der Waals surface area contributed by atoms with E-state index in [-0.39, 0.29) is 24.7 Å². The molecule has 0 aliphatic heterocycles. The van der Waals surface area contributed by atoms with Crippen molar-refractivity contribution in [1.82, 2.24) is 0 Å². The summed E-state index contributed by atoms with van der Waals surface area (Å²) >= 11 is 0. The lowest BCUT2D eigenvalue weighted by atomic mass is 9.70. The predicted octanol–water partition coefficient (Wildman–Crippen LogP) is 3.15. The molecular weight excluding hydrogens is 258 g/mol. The molecule has 5 nitrogen and oxygen atoms in total. The van der Waals surface area contributed by atoms with Crippen LogP contribution in [0.3, 0.4) is 0 Å². The van der Waals surface area contributed by atoms with E-state index in [0.29, 0.717) is 12.8 Å². The molecular formula is C15H25NO4. The maximum absolute atomic E-state index is 11.6. The third-order valence-corrected chi connectivity index (χ3v) is 3.62. The van der Waals surface area contributed by atoms with Gasteiger partial charge in [0, 0.05) is 0 Å². The zero-order chi connectivity index (χ0) is 15.9. The van der Waals surface area contributed by atoms with Gasteiger partial charge in [0.25, 0.3) is 0 Å². The van der Waals surface area contributed by atoms with Gasteiger partial charge in [0.15, 0.2) is 5.41 Å². The second kappa shape index (κ2) is 7.88. The molecule has 0 aromatic rings. The maximum atomic E-state index is 11.6. The van der Waals surface area contributed by atoms with Gasteiger partial charge in [0.05, 0.1) is 12.0 Å². The number of nitrogens with zero attached hydrogens (tertiary/aromatic N) is 1. The maximum Gasteiger partial charge on any atom is 0.324 e. The van der Waals surface area contributed by atoms with E-state index in [1.165, 1.54) is 0 Å². The van der Waals surface area contributed by atoms with Gasteiger partial charge < -0.3 is 10.2 Å². The number of carbonyl (C=O) groups is 2. The second-order valence-electron chi connectivity index (χ2n) is 6.18. The van der Waals surface area contributed by atoms with E-state index in [1.807, 2.05) is 27.7 Å². The molecule has 0 fully saturated rings. The first-order valence-corrected chi connectivity index (χ1v) is 7.04. The first-order valence-electron chi connectivity index (χ1n) is 7.04. The monoisotopic (exact) mass is 283 g/mol. The molecule has 0 rings (SSSR count). The molecule has 0 saturated heterocycles. The van der Waals surface area contributed by atoms with Crippen LogP contribution >= 0.6 is 0 Å². The Morgan fingerprint density at radius 2 is 1.55 bits per heavy atom. The molecule has 0 aliphatic rings. The summed E-state index contributed by atoms with van der Waals surface area (Å²) in [6, 6.07) is 1.80. The van der Waals surface area contributed by atoms with Gasteiger partial charge in [0.2, 0.25) is 0 Å². The number of carboxylic acid groups (broad SMARTS) is 2. The van der Waals surface area contributed by atoms with Crippen molar-refractivity contribution in [3.63, 3.8) is 0 Å². The minimum Gasteiger partial charge on any atom is -0.481 e. The van der Waals surface area contributed by atoms with Crippen LogP contribution in [0, 0.1) is 34.5 Å². The van der Waals surface area contributed by atoms with Crippen LogP contribution in [0.25, 0.3) is 0 Å². The molecule has 0 aromatic carbocycles. The third kappa shape index (κ3) is 4.84. The van der Waals surface area contributed by atoms with E-state index in [2.05, 4.69) is 0 Å². The quantitative estimate of drug-likeness (QED) is 0.677. The van der Waals surface area contributed by atoms with Crippen LogP contribution in [0.1, 0.15) is 53.4 Å². The van der Waals surface area contributed by atoms with Crippen LogP contribution in [0.15, 0.2) is 0 Å². The van der Waals surface area contributed by atoms with Crippen molar-refractivity contribution >= 4 is 11.9 Å². The largest absolute Gasteiger partial charge is 0.481 e. The summed E-state index contributed by atoms with van der Waals surface area (Å²) in [4.78, 5) is 23.0. The molecule has 5 heteroatoms. The van der Waals surface area contributed by atoms with Crippen LogP contribution in [-0.2, 0) is 9.59 Å². The van der Waals surface area contributed by atoms with Crippen LogP contribution in [0.5, 0.6) is 0 Å². The van der Waals surface area contributed by atoms with Crippen LogP contribution in [0.4, 0.5) is 0 Å². The van der Waals surface area contributed by atoms with Gasteiger partial charge in [-0.15, -0.1) is 0 Å². The third-order valence-electron chi connectivity index (χ3n) is 3.62. The molecule has 0 aliphatic carbocycles. The molecule has 0 bridgehead atoms. The number of hydrogen-bond acceptors (Lipinski definition) is 3. The zero-order valence-electron chi connectivity index (χ0n) is 12.7. The van der Waals surface area contributed by atoms with Crippen LogP contribution in [-0.4, -0.2) is 22.2 Å². The topological polar surface area (TPSA) is 98.4 Å². The lowest BCUT2D eigenvalue weighted by molar-refractivity contribution is -0.159. The SMILES string of the molecule is CC(C)CCC(C(=O)O)C(C#N)(CCC(C)C)C(=O)O. The minimum atomic E-state index is -1.83. The highest BCUT2D eigenvalue weighted by molar-refractivity contribution is 5.86. The van der Waals surface area contributed by atoms with Crippen molar-refractivity contribution in [2.45, 2.75) is 53.4 Å². The highest BCUT2D eigenvalue weighted by Gasteiger charge is 2.49. The van der Waals surface area contributed by atoms with Crippen molar-refractivity contribution in [1.29, 1.82) is 5.26 Å². The van der Waals surface area contributed by atoms with Crippen molar-refractivity contribution in [3.8, 4) is 6.07 Å². The van der Waals surface area contributed by atoms with Gasteiger partial charge in [0.1, 0.15) is 0 Å². The van der Waals surface area contributed by atoms with Gasteiger partial charge in [-0.3, -0.25) is 9.59 Å². The summed E-state index contributed by atoms with van der Waals surface area (Å²) in [5.41, 5.74) is -1.83. The number of carboxylic acids is 2. The van der Waals surface area contributed by atoms with E-state index in [0.717, 1.165) is 0 Å². The van der Waals surface area contributed by atoms with Gasteiger partial charge in [-0.05, 0) is 31.1 Å². The summed E-state index contributed by atoms with van der Waals surface area (Å²) < 4.78 is 0. The van der Waals surface area contributed by atoms with Gasteiger partial charge in [-0.1, -0.05) is 34.1 Å². The van der Waals surface area contributed by atoms with Crippen molar-refractivity contribution in [2.24, 2.45) is 23.2 Å². The summed E-state index contributed by atoms with van der Waals surface area (Å²) in [6.07, 6.45) is 1.40. The Labute approximate surface area is 120 Å². The molecule has 0 aromatic heterocycles. The summed E-state index contributed by atoms with van der Waals surface area (Å²) in [5.74, 6) is -3.19. The number of nitriles is 1. The fourth-order valence-corrected chi connectivity index (χ4v) is 2.21. The van der Waals surface area contributed by atoms with E-state index < -0.39 is 23.3 Å². The molecule has 2 N–H and O–H groups in total. The number of hydrogen-bond donors (Lipinski definition) is 2. The van der Waals surface area contributed by atoms with Gasteiger partial charge >= 0.3 is 11.9 Å².